The molecule has 4 heteroatoms. The van der Waals surface area contributed by atoms with E-state index in [-0.39, 0.29) is 0 Å². The number of nitrogens with zero attached hydrogens (tertiary/aromatic N) is 3. The third-order valence-electron chi connectivity index (χ3n) is 8.42. The van der Waals surface area contributed by atoms with Crippen LogP contribution in [-0.2, 0) is 0 Å². The van der Waals surface area contributed by atoms with E-state index in [0.717, 1.165) is 49.9 Å². The fraction of sp³-hybridized carbons (Fsp3) is 0. The van der Waals surface area contributed by atoms with Crippen LogP contribution in [-0.4, -0.2) is 15.0 Å². The molecule has 0 aliphatic heterocycles. The molecule has 200 valence electrons. The van der Waals surface area contributed by atoms with Crippen LogP contribution in [0.1, 0.15) is 0 Å². The summed E-state index contributed by atoms with van der Waals surface area (Å²) in [5.41, 5.74) is 9.39. The Bertz CT molecular complexity index is 2360. The summed E-state index contributed by atoms with van der Waals surface area (Å²) < 4.78 is 6.23. The van der Waals surface area contributed by atoms with Crippen molar-refractivity contribution in [2.24, 2.45) is 0 Å². The fourth-order valence-electron chi connectivity index (χ4n) is 6.41. The Balaban J connectivity index is 1.31. The molecule has 0 aliphatic rings. The van der Waals surface area contributed by atoms with Crippen LogP contribution in [0.5, 0.6) is 0 Å². The molecule has 0 atom stereocenters. The second-order valence-corrected chi connectivity index (χ2v) is 10.9. The Morgan fingerprint density at radius 2 is 1.05 bits per heavy atom. The van der Waals surface area contributed by atoms with Crippen LogP contribution in [0.3, 0.4) is 0 Å². The van der Waals surface area contributed by atoms with E-state index in [1.54, 1.807) is 0 Å². The van der Waals surface area contributed by atoms with Gasteiger partial charge in [0.05, 0.1) is 0 Å². The van der Waals surface area contributed by atoms with E-state index in [0.29, 0.717) is 5.89 Å². The molecule has 9 aromatic rings. The highest BCUT2D eigenvalue weighted by atomic mass is 16.3. The van der Waals surface area contributed by atoms with Crippen LogP contribution in [0.4, 0.5) is 0 Å². The first-order valence-corrected chi connectivity index (χ1v) is 14.3. The van der Waals surface area contributed by atoms with Crippen LogP contribution >= 0.6 is 0 Å². The Hall–Kier alpha value is -5.87. The molecule has 0 amide bonds. The number of pyridine rings is 2. The van der Waals surface area contributed by atoms with Crippen molar-refractivity contribution in [2.75, 3.05) is 0 Å². The van der Waals surface area contributed by atoms with Gasteiger partial charge in [-0.25, -0.2) is 4.98 Å². The van der Waals surface area contributed by atoms with Gasteiger partial charge >= 0.3 is 0 Å². The second-order valence-electron chi connectivity index (χ2n) is 10.9. The minimum Gasteiger partial charge on any atom is -0.436 e. The molecule has 3 heterocycles. The summed E-state index contributed by atoms with van der Waals surface area (Å²) in [6.07, 6.45) is 7.46. The molecule has 0 spiro atoms. The lowest BCUT2D eigenvalue weighted by Crippen LogP contribution is -1.91. The molecule has 6 aromatic carbocycles. The number of fused-ring (bicyclic) bond motifs is 1. The average molecular weight is 550 g/mol. The summed E-state index contributed by atoms with van der Waals surface area (Å²) in [7, 11) is 0. The largest absolute Gasteiger partial charge is 0.436 e. The van der Waals surface area contributed by atoms with Crippen molar-refractivity contribution in [3.8, 4) is 44.8 Å². The second kappa shape index (κ2) is 9.33. The number of aromatic nitrogens is 3. The molecule has 0 fully saturated rings. The first kappa shape index (κ1) is 23.8. The molecule has 4 nitrogen and oxygen atoms in total. The van der Waals surface area contributed by atoms with Crippen molar-refractivity contribution in [2.45, 2.75) is 0 Å². The number of rotatable bonds is 4. The van der Waals surface area contributed by atoms with E-state index >= 15 is 0 Å². The zero-order valence-corrected chi connectivity index (χ0v) is 23.0. The Morgan fingerprint density at radius 1 is 0.465 bits per heavy atom. The van der Waals surface area contributed by atoms with Gasteiger partial charge in [-0.15, -0.1) is 0 Å². The predicted octanol–water partition coefficient (Wildman–Crippen LogP) is 10.2. The van der Waals surface area contributed by atoms with E-state index in [1.807, 2.05) is 61.2 Å². The third kappa shape index (κ3) is 3.81. The standard InChI is InChI=1S/C39H23N3O/c1-2-8-36-35(7-1)42-39(43-36)34-16-12-25-10-14-32-31(13-9-24-11-15-33(34)38(25)37(24)32)30-20-28(26-5-3-17-40-22-26)19-29(21-30)27-6-4-18-41-23-27/h1-23H. The summed E-state index contributed by atoms with van der Waals surface area (Å²) in [5, 5.41) is 7.24. The molecule has 0 bridgehead atoms. The lowest BCUT2D eigenvalue weighted by atomic mass is 9.87. The van der Waals surface area contributed by atoms with Gasteiger partial charge in [-0.05, 0) is 103 Å². The van der Waals surface area contributed by atoms with E-state index in [2.05, 4.69) is 88.8 Å². The van der Waals surface area contributed by atoms with Crippen molar-refractivity contribution >= 4 is 43.4 Å². The number of benzene rings is 6. The smallest absolute Gasteiger partial charge is 0.227 e. The summed E-state index contributed by atoms with van der Waals surface area (Å²) >= 11 is 0. The van der Waals surface area contributed by atoms with Crippen LogP contribution < -0.4 is 0 Å². The van der Waals surface area contributed by atoms with Crippen molar-refractivity contribution < 1.29 is 4.42 Å². The summed E-state index contributed by atoms with van der Waals surface area (Å²) in [4.78, 5) is 13.6. The molecule has 3 aromatic heterocycles. The molecule has 0 radical (unpaired) electrons. The number of para-hydroxylation sites is 2. The Morgan fingerprint density at radius 3 is 1.67 bits per heavy atom. The van der Waals surface area contributed by atoms with Crippen LogP contribution in [0.15, 0.2) is 144 Å². The number of hydrogen-bond acceptors (Lipinski definition) is 4. The fourth-order valence-corrected chi connectivity index (χ4v) is 6.41. The number of hydrogen-bond donors (Lipinski definition) is 0. The van der Waals surface area contributed by atoms with Gasteiger partial charge in [-0.2, -0.15) is 0 Å². The molecular weight excluding hydrogens is 526 g/mol. The van der Waals surface area contributed by atoms with Gasteiger partial charge in [0, 0.05) is 41.5 Å². The van der Waals surface area contributed by atoms with Gasteiger partial charge in [0.2, 0.25) is 5.89 Å². The van der Waals surface area contributed by atoms with E-state index < -0.39 is 0 Å². The molecular formula is C39H23N3O. The van der Waals surface area contributed by atoms with Crippen LogP contribution in [0, 0.1) is 0 Å². The van der Waals surface area contributed by atoms with Crippen molar-refractivity contribution in [3.05, 3.63) is 140 Å². The zero-order chi connectivity index (χ0) is 28.3. The molecule has 43 heavy (non-hydrogen) atoms. The van der Waals surface area contributed by atoms with E-state index in [9.17, 15) is 0 Å². The minimum absolute atomic E-state index is 0.643. The molecule has 0 aliphatic carbocycles. The first-order valence-electron chi connectivity index (χ1n) is 14.3. The Labute approximate surface area is 247 Å². The van der Waals surface area contributed by atoms with Gasteiger partial charge in [0.25, 0.3) is 0 Å². The quantitative estimate of drug-likeness (QED) is 0.205. The van der Waals surface area contributed by atoms with Gasteiger partial charge in [0.1, 0.15) is 5.52 Å². The summed E-state index contributed by atoms with van der Waals surface area (Å²) in [6, 6.07) is 40.6. The molecule has 0 N–H and O–H groups in total. The van der Waals surface area contributed by atoms with Gasteiger partial charge < -0.3 is 4.42 Å². The van der Waals surface area contributed by atoms with Gasteiger partial charge in [0.15, 0.2) is 5.58 Å². The maximum atomic E-state index is 6.23. The maximum absolute atomic E-state index is 6.23. The normalized spacial score (nSPS) is 11.7. The van der Waals surface area contributed by atoms with E-state index in [1.165, 1.54) is 32.5 Å². The number of oxazole rings is 1. The van der Waals surface area contributed by atoms with Crippen molar-refractivity contribution in [1.29, 1.82) is 0 Å². The maximum Gasteiger partial charge on any atom is 0.227 e. The summed E-state index contributed by atoms with van der Waals surface area (Å²) in [6.45, 7) is 0. The molecule has 0 saturated heterocycles. The first-order chi connectivity index (χ1) is 21.3. The van der Waals surface area contributed by atoms with Gasteiger partial charge in [-0.1, -0.05) is 66.7 Å². The van der Waals surface area contributed by atoms with Crippen molar-refractivity contribution in [3.63, 3.8) is 0 Å². The van der Waals surface area contributed by atoms with E-state index in [4.69, 9.17) is 9.40 Å². The topological polar surface area (TPSA) is 51.8 Å². The SMILES string of the molecule is c1cncc(-c2cc(-c3cccnc3)cc(-c3ccc4ccc5c(-c6nc7ccccc7o6)ccc6ccc3c4c65)c2)c1. The Kier molecular flexibility index (Phi) is 5.16. The molecule has 9 rings (SSSR count). The lowest BCUT2D eigenvalue weighted by molar-refractivity contribution is 0.620. The lowest BCUT2D eigenvalue weighted by Gasteiger charge is -2.17. The third-order valence-corrected chi connectivity index (χ3v) is 8.42. The van der Waals surface area contributed by atoms with Crippen molar-refractivity contribution in [1.82, 2.24) is 15.0 Å². The summed E-state index contributed by atoms with van der Waals surface area (Å²) in [5.74, 6) is 0.643. The van der Waals surface area contributed by atoms with Crippen LogP contribution in [0.2, 0.25) is 0 Å². The predicted molar refractivity (Wildman–Crippen MR) is 175 cm³/mol. The highest BCUT2D eigenvalue weighted by Gasteiger charge is 2.18. The monoisotopic (exact) mass is 549 g/mol. The molecule has 0 saturated carbocycles. The van der Waals surface area contributed by atoms with Gasteiger partial charge in [-0.3, -0.25) is 9.97 Å². The zero-order valence-electron chi connectivity index (χ0n) is 23.0. The van der Waals surface area contributed by atoms with Crippen LogP contribution in [0.25, 0.3) is 88.3 Å². The average Bonchev–Trinajstić information content (AvgIpc) is 3.52. The highest BCUT2D eigenvalue weighted by Crippen LogP contribution is 2.43. The highest BCUT2D eigenvalue weighted by molar-refractivity contribution is 6.27. The molecule has 0 unspecified atom stereocenters. The minimum atomic E-state index is 0.643.